The molecule has 112 valence electrons. The minimum atomic E-state index is -0.669. The van der Waals surface area contributed by atoms with E-state index in [1.807, 2.05) is 12.2 Å². The maximum absolute atomic E-state index is 12.3. The molecule has 2 aliphatic carbocycles. The van der Waals surface area contributed by atoms with Crippen LogP contribution in [0.3, 0.4) is 0 Å². The smallest absolute Gasteiger partial charge is 0.400 e. The maximum Gasteiger partial charge on any atom is 0.433 e. The normalized spacial score (nSPS) is 32.5. The van der Waals surface area contributed by atoms with E-state index in [0.29, 0.717) is 0 Å². The molecule has 0 N–H and O–H groups in total. The average molecular weight is 301 g/mol. The molecule has 1 aromatic heterocycles. The summed E-state index contributed by atoms with van der Waals surface area (Å²) in [6.45, 7) is 0. The molecule has 8 heteroatoms. The van der Waals surface area contributed by atoms with Crippen molar-refractivity contribution in [2.75, 3.05) is 0 Å². The number of hydrogen-bond donors (Lipinski definition) is 0. The number of carbonyl (C=O) groups excluding carboxylic acids is 2. The highest BCUT2D eigenvalue weighted by molar-refractivity contribution is 6.06. The number of furan rings is 1. The number of rotatable bonds is 3. The van der Waals surface area contributed by atoms with Crippen LogP contribution in [0.4, 0.5) is 5.88 Å². The Balaban J connectivity index is 1.56. The van der Waals surface area contributed by atoms with Crippen LogP contribution < -0.4 is 0 Å². The quantitative estimate of drug-likeness (QED) is 0.275. The summed E-state index contributed by atoms with van der Waals surface area (Å²) in [6.07, 6.45) is 6.01. The number of imide groups is 1. The van der Waals surface area contributed by atoms with Gasteiger partial charge in [-0.3, -0.25) is 19.7 Å². The van der Waals surface area contributed by atoms with Crippen LogP contribution in [0.15, 0.2) is 33.8 Å². The van der Waals surface area contributed by atoms with Gasteiger partial charge in [0, 0.05) is 0 Å². The number of carbonyl (C=O) groups is 2. The fourth-order valence-corrected chi connectivity index (χ4v) is 3.62. The molecule has 1 aliphatic heterocycles. The lowest BCUT2D eigenvalue weighted by atomic mass is 9.85. The minimum Gasteiger partial charge on any atom is -0.400 e. The molecule has 0 aromatic carbocycles. The van der Waals surface area contributed by atoms with Crippen molar-refractivity contribution in [2.24, 2.45) is 28.8 Å². The van der Waals surface area contributed by atoms with Gasteiger partial charge in [-0.25, -0.2) is 0 Å². The van der Waals surface area contributed by atoms with Crippen LogP contribution in [0.2, 0.25) is 0 Å². The largest absolute Gasteiger partial charge is 0.433 e. The van der Waals surface area contributed by atoms with E-state index in [4.69, 9.17) is 4.42 Å². The first-order valence-electron chi connectivity index (χ1n) is 6.90. The zero-order chi connectivity index (χ0) is 15.4. The van der Waals surface area contributed by atoms with E-state index in [1.165, 1.54) is 12.1 Å². The summed E-state index contributed by atoms with van der Waals surface area (Å²) in [5.74, 6) is -1.29. The second kappa shape index (κ2) is 4.36. The monoisotopic (exact) mass is 301 g/mol. The Bertz CT molecular complexity index is 719. The number of allylic oxidation sites excluding steroid dienone is 2. The number of fused-ring (bicyclic) bond motifs is 5. The van der Waals surface area contributed by atoms with Crippen molar-refractivity contribution in [2.45, 2.75) is 6.42 Å². The van der Waals surface area contributed by atoms with Gasteiger partial charge in [0.05, 0.1) is 24.1 Å². The van der Waals surface area contributed by atoms with Gasteiger partial charge in [0.25, 0.3) is 11.8 Å². The third-order valence-corrected chi connectivity index (χ3v) is 4.54. The van der Waals surface area contributed by atoms with Crippen molar-refractivity contribution < 1.29 is 18.9 Å². The molecular weight excluding hydrogens is 290 g/mol. The standard InChI is InChI=1S/C14H11N3O5/c18-13-11-7-1-2-8(5-7)12(11)14(19)16(13)15-6-9-3-4-10(22-9)17(20)21/h1-4,6-8,11-12H,5H2/b15-6-/t7-,8-,11-,12+/m0/s1. The van der Waals surface area contributed by atoms with Crippen molar-refractivity contribution in [1.29, 1.82) is 0 Å². The van der Waals surface area contributed by atoms with Gasteiger partial charge in [0.15, 0.2) is 5.76 Å². The Morgan fingerprint density at radius 2 is 1.86 bits per heavy atom. The van der Waals surface area contributed by atoms with E-state index in [1.54, 1.807) is 0 Å². The molecule has 3 aliphatic rings. The van der Waals surface area contributed by atoms with Gasteiger partial charge in [-0.15, -0.1) is 0 Å². The highest BCUT2D eigenvalue weighted by atomic mass is 16.6. The predicted octanol–water partition coefficient (Wildman–Crippen LogP) is 1.33. The highest BCUT2D eigenvalue weighted by Gasteiger charge is 2.59. The van der Waals surface area contributed by atoms with Crippen LogP contribution in [0.5, 0.6) is 0 Å². The van der Waals surface area contributed by atoms with Gasteiger partial charge >= 0.3 is 5.88 Å². The van der Waals surface area contributed by atoms with E-state index in [9.17, 15) is 19.7 Å². The fraction of sp³-hybridized carbons (Fsp3) is 0.357. The van der Waals surface area contributed by atoms with Crippen LogP contribution in [-0.4, -0.2) is 28.0 Å². The Morgan fingerprint density at radius 3 is 2.41 bits per heavy atom. The van der Waals surface area contributed by atoms with E-state index < -0.39 is 10.8 Å². The summed E-state index contributed by atoms with van der Waals surface area (Å²) < 4.78 is 4.91. The molecule has 0 unspecified atom stereocenters. The van der Waals surface area contributed by atoms with Crippen LogP contribution >= 0.6 is 0 Å². The molecule has 4 rings (SSSR count). The fourth-order valence-electron chi connectivity index (χ4n) is 3.62. The number of hydrazone groups is 1. The van der Waals surface area contributed by atoms with Crippen LogP contribution in [-0.2, 0) is 9.59 Å². The third-order valence-electron chi connectivity index (χ3n) is 4.54. The lowest BCUT2D eigenvalue weighted by Crippen LogP contribution is -2.28. The second-order valence-electron chi connectivity index (χ2n) is 5.67. The summed E-state index contributed by atoms with van der Waals surface area (Å²) >= 11 is 0. The average Bonchev–Trinajstić information content (AvgIpc) is 3.23. The molecule has 1 aromatic rings. The molecule has 2 heterocycles. The molecule has 1 saturated heterocycles. The summed E-state index contributed by atoms with van der Waals surface area (Å²) in [5, 5.41) is 15.3. The Morgan fingerprint density at radius 1 is 1.23 bits per heavy atom. The molecule has 2 fully saturated rings. The first-order chi connectivity index (χ1) is 10.6. The van der Waals surface area contributed by atoms with Gasteiger partial charge in [0.1, 0.15) is 4.92 Å². The molecule has 0 spiro atoms. The van der Waals surface area contributed by atoms with Crippen molar-refractivity contribution >= 4 is 23.9 Å². The predicted molar refractivity (Wildman–Crippen MR) is 72.5 cm³/mol. The summed E-state index contributed by atoms with van der Waals surface area (Å²) in [4.78, 5) is 34.5. The van der Waals surface area contributed by atoms with E-state index in [0.717, 1.165) is 17.6 Å². The summed E-state index contributed by atoms with van der Waals surface area (Å²) in [6, 6.07) is 2.55. The first-order valence-corrected chi connectivity index (χ1v) is 6.90. The van der Waals surface area contributed by atoms with E-state index >= 15 is 0 Å². The number of amides is 2. The van der Waals surface area contributed by atoms with Crippen LogP contribution in [0.25, 0.3) is 0 Å². The van der Waals surface area contributed by atoms with E-state index in [-0.39, 0.29) is 41.2 Å². The van der Waals surface area contributed by atoms with Gasteiger partial charge in [0.2, 0.25) is 0 Å². The van der Waals surface area contributed by atoms with Gasteiger partial charge < -0.3 is 4.42 Å². The lowest BCUT2D eigenvalue weighted by molar-refractivity contribution is -0.402. The Kier molecular flexibility index (Phi) is 2.56. The lowest BCUT2D eigenvalue weighted by Gasteiger charge is -2.13. The number of hydrogen-bond acceptors (Lipinski definition) is 6. The first kappa shape index (κ1) is 12.9. The van der Waals surface area contributed by atoms with Crippen molar-refractivity contribution in [3.8, 4) is 0 Å². The molecule has 8 nitrogen and oxygen atoms in total. The number of nitro groups is 1. The zero-order valence-electron chi connectivity index (χ0n) is 11.3. The van der Waals surface area contributed by atoms with Crippen LogP contribution in [0.1, 0.15) is 12.2 Å². The Labute approximate surface area is 124 Å². The van der Waals surface area contributed by atoms with Gasteiger partial charge in [-0.05, 0) is 24.3 Å². The molecule has 22 heavy (non-hydrogen) atoms. The van der Waals surface area contributed by atoms with Crippen molar-refractivity contribution in [3.63, 3.8) is 0 Å². The molecule has 4 atom stereocenters. The topological polar surface area (TPSA) is 106 Å². The molecule has 1 saturated carbocycles. The highest BCUT2D eigenvalue weighted by Crippen LogP contribution is 2.52. The second-order valence-corrected chi connectivity index (χ2v) is 5.67. The van der Waals surface area contributed by atoms with Crippen molar-refractivity contribution in [1.82, 2.24) is 5.01 Å². The maximum atomic E-state index is 12.3. The summed E-state index contributed by atoms with van der Waals surface area (Å²) in [7, 11) is 0. The Hall–Kier alpha value is -2.77. The number of nitrogens with zero attached hydrogens (tertiary/aromatic N) is 3. The SMILES string of the molecule is O=C1[C@@H]2[C@H](C(=O)N1/N=C\c1ccc([N+](=O)[O-])o1)[C@H]1C=C[C@H]2C1. The van der Waals surface area contributed by atoms with Crippen LogP contribution in [0, 0.1) is 33.8 Å². The molecule has 0 radical (unpaired) electrons. The zero-order valence-corrected chi connectivity index (χ0v) is 11.3. The minimum absolute atomic E-state index is 0.116. The van der Waals surface area contributed by atoms with Gasteiger partial charge in [-0.1, -0.05) is 12.2 Å². The molecule has 2 bridgehead atoms. The molecular formula is C14H11N3O5. The van der Waals surface area contributed by atoms with Gasteiger partial charge in [-0.2, -0.15) is 10.1 Å². The third kappa shape index (κ3) is 1.66. The summed E-state index contributed by atoms with van der Waals surface area (Å²) in [5.41, 5.74) is 0. The molecule has 2 amide bonds. The van der Waals surface area contributed by atoms with E-state index in [2.05, 4.69) is 5.10 Å². The van der Waals surface area contributed by atoms with Crippen molar-refractivity contribution in [3.05, 3.63) is 40.2 Å².